The number of anilines is 1. The van der Waals surface area contributed by atoms with Gasteiger partial charge < -0.3 is 10.0 Å². The summed E-state index contributed by atoms with van der Waals surface area (Å²) in [7, 11) is 2.02. The van der Waals surface area contributed by atoms with E-state index in [4.69, 9.17) is 11.6 Å². The maximum Gasteiger partial charge on any atom is 0.186 e. The summed E-state index contributed by atoms with van der Waals surface area (Å²) in [5.41, 5.74) is 2.08. The van der Waals surface area contributed by atoms with Crippen molar-refractivity contribution in [3.05, 3.63) is 45.4 Å². The lowest BCUT2D eigenvalue weighted by Crippen LogP contribution is -2.21. The van der Waals surface area contributed by atoms with E-state index < -0.39 is 6.10 Å². The molecule has 0 spiro atoms. The van der Waals surface area contributed by atoms with Gasteiger partial charge in [-0.1, -0.05) is 35.1 Å². The van der Waals surface area contributed by atoms with E-state index in [2.05, 4.69) is 16.8 Å². The summed E-state index contributed by atoms with van der Waals surface area (Å²) in [5, 5.41) is 11.4. The van der Waals surface area contributed by atoms with Crippen LogP contribution >= 0.6 is 22.9 Å². The molecule has 108 valence electrons. The largest absolute Gasteiger partial charge is 0.388 e. The average molecular weight is 311 g/mol. The highest BCUT2D eigenvalue weighted by Crippen LogP contribution is 2.34. The smallest absolute Gasteiger partial charge is 0.186 e. The van der Waals surface area contributed by atoms with Crippen LogP contribution < -0.4 is 4.90 Å². The highest BCUT2D eigenvalue weighted by Gasteiger charge is 2.19. The normalized spacial score (nSPS) is 14.1. The van der Waals surface area contributed by atoms with Crippen LogP contribution in [0.3, 0.4) is 0 Å². The zero-order valence-corrected chi connectivity index (χ0v) is 13.7. The molecule has 0 bridgehead atoms. The quantitative estimate of drug-likeness (QED) is 0.911. The van der Waals surface area contributed by atoms with Gasteiger partial charge in [-0.05, 0) is 38.5 Å². The van der Waals surface area contributed by atoms with Gasteiger partial charge in [-0.2, -0.15) is 0 Å². The highest BCUT2D eigenvalue weighted by molar-refractivity contribution is 7.15. The van der Waals surface area contributed by atoms with Crippen molar-refractivity contribution in [2.45, 2.75) is 32.9 Å². The van der Waals surface area contributed by atoms with Crippen molar-refractivity contribution in [3.63, 3.8) is 0 Å². The minimum Gasteiger partial charge on any atom is -0.388 e. The molecule has 3 nitrogen and oxygen atoms in total. The van der Waals surface area contributed by atoms with E-state index in [0.717, 1.165) is 20.7 Å². The molecule has 0 aliphatic carbocycles. The molecular weight excluding hydrogens is 292 g/mol. The van der Waals surface area contributed by atoms with Gasteiger partial charge >= 0.3 is 0 Å². The number of aryl methyl sites for hydroxylation is 1. The lowest BCUT2D eigenvalue weighted by atomic mass is 10.1. The molecule has 1 aromatic heterocycles. The van der Waals surface area contributed by atoms with Crippen molar-refractivity contribution < 1.29 is 5.11 Å². The number of hydrogen-bond donors (Lipinski definition) is 1. The van der Waals surface area contributed by atoms with E-state index in [1.165, 1.54) is 5.56 Å². The first-order chi connectivity index (χ1) is 9.40. The van der Waals surface area contributed by atoms with Gasteiger partial charge in [-0.15, -0.1) is 0 Å². The Hall–Kier alpha value is -1.10. The number of thiazole rings is 1. The number of hydrogen-bond acceptors (Lipinski definition) is 4. The van der Waals surface area contributed by atoms with Gasteiger partial charge in [0, 0.05) is 12.1 Å². The van der Waals surface area contributed by atoms with E-state index in [-0.39, 0.29) is 6.04 Å². The second-order valence-corrected chi connectivity index (χ2v) is 6.41. The number of nitrogens with zero attached hydrogens (tertiary/aromatic N) is 2. The van der Waals surface area contributed by atoms with Crippen LogP contribution in [0.15, 0.2) is 24.3 Å². The summed E-state index contributed by atoms with van der Waals surface area (Å²) >= 11 is 7.46. The lowest BCUT2D eigenvalue weighted by Gasteiger charge is -2.24. The zero-order valence-electron chi connectivity index (χ0n) is 12.1. The van der Waals surface area contributed by atoms with Crippen molar-refractivity contribution in [2.24, 2.45) is 0 Å². The lowest BCUT2D eigenvalue weighted by molar-refractivity contribution is 0.202. The van der Waals surface area contributed by atoms with Crippen LogP contribution in [-0.4, -0.2) is 17.1 Å². The maximum absolute atomic E-state index is 9.72. The van der Waals surface area contributed by atoms with Crippen molar-refractivity contribution in [1.29, 1.82) is 0 Å². The number of aromatic nitrogens is 1. The van der Waals surface area contributed by atoms with Crippen LogP contribution in [0.4, 0.5) is 5.13 Å². The molecule has 0 fully saturated rings. The maximum atomic E-state index is 9.72. The van der Waals surface area contributed by atoms with Crippen molar-refractivity contribution in [1.82, 2.24) is 4.98 Å². The van der Waals surface area contributed by atoms with Crippen LogP contribution in [0.2, 0.25) is 5.02 Å². The van der Waals surface area contributed by atoms with Crippen LogP contribution in [-0.2, 0) is 0 Å². The third-order valence-electron chi connectivity index (χ3n) is 3.44. The molecular formula is C15H19ClN2OS. The third-order valence-corrected chi connectivity index (χ3v) is 5.11. The molecule has 2 unspecified atom stereocenters. The summed E-state index contributed by atoms with van der Waals surface area (Å²) in [4.78, 5) is 7.60. The SMILES string of the molecule is Cc1nc(N(C)C(C)c2ccc(Cl)cc2)sc1C(C)O. The summed E-state index contributed by atoms with van der Waals surface area (Å²) in [6.45, 7) is 5.83. The number of halogens is 1. The first-order valence-electron chi connectivity index (χ1n) is 6.54. The zero-order chi connectivity index (χ0) is 14.9. The standard InChI is InChI=1S/C15H19ClN2OS/c1-9-14(11(3)19)20-15(17-9)18(4)10(2)12-5-7-13(16)8-6-12/h5-8,10-11,19H,1-4H3. The Kier molecular flexibility index (Phi) is 4.68. The summed E-state index contributed by atoms with van der Waals surface area (Å²) in [6.07, 6.45) is -0.472. The number of rotatable bonds is 4. The molecule has 0 radical (unpaired) electrons. The number of aliphatic hydroxyl groups excluding tert-OH is 1. The molecule has 0 aliphatic rings. The van der Waals surface area contributed by atoms with Crippen LogP contribution in [0.1, 0.15) is 42.1 Å². The molecule has 1 heterocycles. The Morgan fingerprint density at radius 2 is 1.85 bits per heavy atom. The molecule has 5 heteroatoms. The van der Waals surface area contributed by atoms with Crippen LogP contribution in [0, 0.1) is 6.92 Å². The molecule has 2 rings (SSSR count). The first kappa shape index (κ1) is 15.3. The van der Waals surface area contributed by atoms with Crippen LogP contribution in [0.25, 0.3) is 0 Å². The molecule has 0 saturated heterocycles. The summed E-state index contributed by atoms with van der Waals surface area (Å²) in [5.74, 6) is 0. The summed E-state index contributed by atoms with van der Waals surface area (Å²) < 4.78 is 0. The highest BCUT2D eigenvalue weighted by atomic mass is 35.5. The Balaban J connectivity index is 2.24. The van der Waals surface area contributed by atoms with E-state index >= 15 is 0 Å². The van der Waals surface area contributed by atoms with E-state index in [0.29, 0.717) is 0 Å². The molecule has 1 N–H and O–H groups in total. The van der Waals surface area contributed by atoms with Crippen molar-refractivity contribution >= 4 is 28.1 Å². The van der Waals surface area contributed by atoms with E-state index in [1.807, 2.05) is 38.2 Å². The van der Waals surface area contributed by atoms with Gasteiger partial charge in [0.2, 0.25) is 0 Å². The minimum absolute atomic E-state index is 0.194. The predicted octanol–water partition coefficient (Wildman–Crippen LogP) is 4.36. The van der Waals surface area contributed by atoms with Gasteiger partial charge in [0.15, 0.2) is 5.13 Å². The van der Waals surface area contributed by atoms with Gasteiger partial charge in [-0.25, -0.2) is 4.98 Å². The third kappa shape index (κ3) is 3.14. The van der Waals surface area contributed by atoms with E-state index in [1.54, 1.807) is 18.3 Å². The van der Waals surface area contributed by atoms with Gasteiger partial charge in [-0.3, -0.25) is 0 Å². The first-order valence-corrected chi connectivity index (χ1v) is 7.73. The fourth-order valence-corrected chi connectivity index (χ4v) is 3.23. The van der Waals surface area contributed by atoms with Gasteiger partial charge in [0.25, 0.3) is 0 Å². The number of benzene rings is 1. The second kappa shape index (κ2) is 6.12. The Bertz CT molecular complexity index is 580. The van der Waals surface area contributed by atoms with Crippen LogP contribution in [0.5, 0.6) is 0 Å². The Morgan fingerprint density at radius 3 is 2.35 bits per heavy atom. The molecule has 0 amide bonds. The molecule has 2 aromatic rings. The minimum atomic E-state index is -0.472. The van der Waals surface area contributed by atoms with Gasteiger partial charge in [0.1, 0.15) is 0 Å². The molecule has 0 aliphatic heterocycles. The van der Waals surface area contributed by atoms with Crippen molar-refractivity contribution in [2.75, 3.05) is 11.9 Å². The fraction of sp³-hybridized carbons (Fsp3) is 0.400. The average Bonchev–Trinajstić information content (AvgIpc) is 2.80. The molecule has 1 aromatic carbocycles. The van der Waals surface area contributed by atoms with Crippen molar-refractivity contribution in [3.8, 4) is 0 Å². The Labute approximate surface area is 128 Å². The van der Waals surface area contributed by atoms with E-state index in [9.17, 15) is 5.11 Å². The monoisotopic (exact) mass is 310 g/mol. The fourth-order valence-electron chi connectivity index (χ4n) is 2.06. The Morgan fingerprint density at radius 1 is 1.25 bits per heavy atom. The second-order valence-electron chi connectivity index (χ2n) is 4.96. The number of aliphatic hydroxyl groups is 1. The molecule has 0 saturated carbocycles. The molecule has 2 atom stereocenters. The predicted molar refractivity (Wildman–Crippen MR) is 85.8 cm³/mol. The molecule has 20 heavy (non-hydrogen) atoms. The topological polar surface area (TPSA) is 36.4 Å². The van der Waals surface area contributed by atoms with Gasteiger partial charge in [0.05, 0.1) is 22.7 Å². The summed E-state index contributed by atoms with van der Waals surface area (Å²) in [6, 6.07) is 8.05.